The molecular formula is C12H7F2NO4. The van der Waals surface area contributed by atoms with E-state index in [1.165, 1.54) is 0 Å². The summed E-state index contributed by atoms with van der Waals surface area (Å²) < 4.78 is 37.6. The molecule has 1 N–H and O–H groups in total. The number of carbonyl (C=O) groups is 1. The van der Waals surface area contributed by atoms with Crippen LogP contribution in [0.4, 0.5) is 8.78 Å². The third kappa shape index (κ3) is 1.74. The fourth-order valence-corrected chi connectivity index (χ4v) is 1.99. The van der Waals surface area contributed by atoms with Gasteiger partial charge in [0, 0.05) is 24.1 Å². The molecule has 0 aliphatic carbocycles. The van der Waals surface area contributed by atoms with E-state index < -0.39 is 28.9 Å². The van der Waals surface area contributed by atoms with E-state index in [1.54, 1.807) is 0 Å². The number of aromatic nitrogens is 1. The first-order chi connectivity index (χ1) is 9.08. The second kappa shape index (κ2) is 4.04. The predicted molar refractivity (Wildman–Crippen MR) is 58.0 cm³/mol. The molecule has 2 aromatic rings. The van der Waals surface area contributed by atoms with Crippen LogP contribution in [0.2, 0.25) is 0 Å². The minimum absolute atomic E-state index is 0.167. The Kier molecular flexibility index (Phi) is 2.48. The Bertz CT molecular complexity index is 681. The number of aromatic carboxylic acids is 1. The summed E-state index contributed by atoms with van der Waals surface area (Å²) in [5.41, 5.74) is -0.334. The molecule has 1 aromatic heterocycles. The molecule has 0 atom stereocenters. The molecule has 5 nitrogen and oxygen atoms in total. The summed E-state index contributed by atoms with van der Waals surface area (Å²) >= 11 is 0. The molecule has 98 valence electrons. The van der Waals surface area contributed by atoms with Gasteiger partial charge in [-0.15, -0.1) is 0 Å². The van der Waals surface area contributed by atoms with Crippen LogP contribution in [0.15, 0.2) is 16.7 Å². The molecule has 0 spiro atoms. The molecule has 0 unspecified atom stereocenters. The lowest BCUT2D eigenvalue weighted by Gasteiger charge is -2.05. The Hall–Kier alpha value is -2.44. The molecule has 0 bridgehead atoms. The Morgan fingerprint density at radius 3 is 2.84 bits per heavy atom. The van der Waals surface area contributed by atoms with Crippen LogP contribution in [0.3, 0.4) is 0 Å². The zero-order valence-corrected chi connectivity index (χ0v) is 9.44. The van der Waals surface area contributed by atoms with Gasteiger partial charge in [-0.3, -0.25) is 0 Å². The molecule has 0 saturated heterocycles. The number of benzene rings is 1. The van der Waals surface area contributed by atoms with Crippen molar-refractivity contribution in [1.29, 1.82) is 0 Å². The maximum absolute atomic E-state index is 14.2. The quantitative estimate of drug-likeness (QED) is 0.903. The number of rotatable bonds is 2. The average Bonchev–Trinajstić information content (AvgIpc) is 2.97. The van der Waals surface area contributed by atoms with Crippen LogP contribution in [0.5, 0.6) is 5.75 Å². The molecular weight excluding hydrogens is 260 g/mol. The van der Waals surface area contributed by atoms with Crippen molar-refractivity contribution in [2.45, 2.75) is 6.42 Å². The van der Waals surface area contributed by atoms with Crippen molar-refractivity contribution in [1.82, 2.24) is 5.16 Å². The van der Waals surface area contributed by atoms with Crippen molar-refractivity contribution in [3.8, 4) is 17.0 Å². The Morgan fingerprint density at radius 2 is 2.16 bits per heavy atom. The molecule has 1 aromatic carbocycles. The highest BCUT2D eigenvalue weighted by Crippen LogP contribution is 2.36. The van der Waals surface area contributed by atoms with Crippen molar-refractivity contribution in [3.05, 3.63) is 35.1 Å². The maximum atomic E-state index is 14.2. The number of ether oxygens (including phenoxy) is 1. The van der Waals surface area contributed by atoms with E-state index in [2.05, 4.69) is 9.68 Å². The van der Waals surface area contributed by atoms with Crippen LogP contribution in [0.1, 0.15) is 16.1 Å². The van der Waals surface area contributed by atoms with E-state index in [0.29, 0.717) is 6.42 Å². The molecule has 7 heteroatoms. The summed E-state index contributed by atoms with van der Waals surface area (Å²) in [5.74, 6) is -3.34. The largest absolute Gasteiger partial charge is 0.493 e. The van der Waals surface area contributed by atoms with E-state index >= 15 is 0 Å². The summed E-state index contributed by atoms with van der Waals surface area (Å²) in [5, 5.41) is 12.1. The summed E-state index contributed by atoms with van der Waals surface area (Å²) in [4.78, 5) is 10.7. The zero-order chi connectivity index (χ0) is 13.6. The first kappa shape index (κ1) is 11.6. The minimum Gasteiger partial charge on any atom is -0.493 e. The zero-order valence-electron chi connectivity index (χ0n) is 9.44. The van der Waals surface area contributed by atoms with E-state index in [0.717, 1.165) is 12.1 Å². The Morgan fingerprint density at radius 1 is 1.37 bits per heavy atom. The van der Waals surface area contributed by atoms with Gasteiger partial charge in [-0.05, 0) is 0 Å². The van der Waals surface area contributed by atoms with Crippen LogP contribution in [0.25, 0.3) is 11.3 Å². The molecule has 1 aliphatic rings. The number of hydrogen-bond donors (Lipinski definition) is 1. The summed E-state index contributed by atoms with van der Waals surface area (Å²) in [7, 11) is 0. The highest BCUT2D eigenvalue weighted by atomic mass is 19.1. The van der Waals surface area contributed by atoms with Gasteiger partial charge in [0.2, 0.25) is 5.76 Å². The second-order valence-corrected chi connectivity index (χ2v) is 4.00. The van der Waals surface area contributed by atoms with Gasteiger partial charge >= 0.3 is 5.97 Å². The van der Waals surface area contributed by atoms with E-state index in [1.807, 2.05) is 0 Å². The summed E-state index contributed by atoms with van der Waals surface area (Å²) in [6.45, 7) is 0.286. The smallest absolute Gasteiger partial charge is 0.374 e. The van der Waals surface area contributed by atoms with Gasteiger partial charge in [0.25, 0.3) is 0 Å². The number of nitrogens with zero attached hydrogens (tertiary/aromatic N) is 1. The van der Waals surface area contributed by atoms with Gasteiger partial charge in [-0.1, -0.05) is 5.16 Å². The lowest BCUT2D eigenvalue weighted by molar-refractivity contribution is 0.0652. The number of fused-ring (bicyclic) bond motifs is 1. The first-order valence-electron chi connectivity index (χ1n) is 5.42. The number of hydrogen-bond acceptors (Lipinski definition) is 4. The summed E-state index contributed by atoms with van der Waals surface area (Å²) in [6, 6.07) is 2.04. The fourth-order valence-electron chi connectivity index (χ4n) is 1.99. The molecule has 3 rings (SSSR count). The number of carboxylic acid groups (broad SMARTS) is 1. The standard InChI is InChI=1S/C12H7F2NO4/c13-6-3-8-5(1-2-18-8)11(14)10(6)7-4-9(12(16)17)19-15-7/h3-4H,1-2H2,(H,16,17). The molecule has 1 aliphatic heterocycles. The van der Waals surface area contributed by atoms with E-state index in [4.69, 9.17) is 9.84 Å². The van der Waals surface area contributed by atoms with Gasteiger partial charge in [0.05, 0.1) is 12.2 Å². The molecule has 0 radical (unpaired) electrons. The van der Waals surface area contributed by atoms with E-state index in [-0.39, 0.29) is 23.6 Å². The van der Waals surface area contributed by atoms with Gasteiger partial charge in [-0.2, -0.15) is 0 Å². The average molecular weight is 267 g/mol. The van der Waals surface area contributed by atoms with Crippen molar-refractivity contribution in [2.24, 2.45) is 0 Å². The molecule has 0 amide bonds. The third-order valence-corrected chi connectivity index (χ3v) is 2.87. The molecule has 0 fully saturated rings. The predicted octanol–water partition coefficient (Wildman–Crippen LogP) is 2.25. The Balaban J connectivity index is 2.16. The van der Waals surface area contributed by atoms with Crippen LogP contribution < -0.4 is 4.74 Å². The van der Waals surface area contributed by atoms with Crippen LogP contribution >= 0.6 is 0 Å². The number of halogens is 2. The highest BCUT2D eigenvalue weighted by Gasteiger charge is 2.26. The lowest BCUT2D eigenvalue weighted by Crippen LogP contribution is -1.95. The van der Waals surface area contributed by atoms with Gasteiger partial charge in [0.1, 0.15) is 23.1 Å². The highest BCUT2D eigenvalue weighted by molar-refractivity contribution is 5.85. The minimum atomic E-state index is -1.36. The van der Waals surface area contributed by atoms with Crippen molar-refractivity contribution in [2.75, 3.05) is 6.61 Å². The van der Waals surface area contributed by atoms with Crippen LogP contribution in [-0.2, 0) is 6.42 Å². The van der Waals surface area contributed by atoms with Gasteiger partial charge in [0.15, 0.2) is 0 Å². The van der Waals surface area contributed by atoms with Crippen molar-refractivity contribution in [3.63, 3.8) is 0 Å². The summed E-state index contributed by atoms with van der Waals surface area (Å²) in [6.07, 6.45) is 0.331. The number of carboxylic acids is 1. The van der Waals surface area contributed by atoms with E-state index in [9.17, 15) is 13.6 Å². The van der Waals surface area contributed by atoms with Gasteiger partial charge < -0.3 is 14.4 Å². The normalized spacial score (nSPS) is 13.2. The Labute approximate surface area is 105 Å². The third-order valence-electron chi connectivity index (χ3n) is 2.87. The monoisotopic (exact) mass is 267 g/mol. The van der Waals surface area contributed by atoms with Crippen LogP contribution in [0, 0.1) is 11.6 Å². The first-order valence-corrected chi connectivity index (χ1v) is 5.42. The van der Waals surface area contributed by atoms with Gasteiger partial charge in [-0.25, -0.2) is 13.6 Å². The van der Waals surface area contributed by atoms with Crippen LogP contribution in [-0.4, -0.2) is 22.8 Å². The lowest BCUT2D eigenvalue weighted by atomic mass is 10.0. The van der Waals surface area contributed by atoms with Crippen molar-refractivity contribution >= 4 is 5.97 Å². The maximum Gasteiger partial charge on any atom is 0.374 e. The molecule has 2 heterocycles. The molecule has 19 heavy (non-hydrogen) atoms. The second-order valence-electron chi connectivity index (χ2n) is 4.00. The van der Waals surface area contributed by atoms with Crippen molar-refractivity contribution < 1.29 is 27.9 Å². The topological polar surface area (TPSA) is 72.6 Å². The fraction of sp³-hybridized carbons (Fsp3) is 0.167. The molecule has 0 saturated carbocycles. The SMILES string of the molecule is O=C(O)c1cc(-c2c(F)cc3c(c2F)CCO3)no1.